The summed E-state index contributed by atoms with van der Waals surface area (Å²) in [5.41, 5.74) is 2.26. The minimum absolute atomic E-state index is 0.771. The summed E-state index contributed by atoms with van der Waals surface area (Å²) in [5.74, 6) is 0.975. The highest BCUT2D eigenvalue weighted by Gasteiger charge is 2.04. The summed E-state index contributed by atoms with van der Waals surface area (Å²) < 4.78 is 5.65. The summed E-state index contributed by atoms with van der Waals surface area (Å²) in [6, 6.07) is 6.01. The molecule has 0 spiro atoms. The van der Waals surface area contributed by atoms with Gasteiger partial charge in [-0.15, -0.1) is 0 Å². The summed E-state index contributed by atoms with van der Waals surface area (Å²) in [6.07, 6.45) is 4.92. The van der Waals surface area contributed by atoms with Crippen molar-refractivity contribution in [3.05, 3.63) is 42.0 Å². The zero-order valence-electron chi connectivity index (χ0n) is 8.97. The van der Waals surface area contributed by atoms with Crippen molar-refractivity contribution in [2.75, 3.05) is 6.61 Å². The highest BCUT2D eigenvalue weighted by Crippen LogP contribution is 2.23. The Morgan fingerprint density at radius 3 is 2.71 bits per heavy atom. The van der Waals surface area contributed by atoms with Gasteiger partial charge in [0.15, 0.2) is 0 Å². The number of hydrogen-bond acceptors (Lipinski definition) is 1. The Kier molecular flexibility index (Phi) is 4.24. The van der Waals surface area contributed by atoms with Gasteiger partial charge in [-0.1, -0.05) is 32.6 Å². The summed E-state index contributed by atoms with van der Waals surface area (Å²) in [5, 5.41) is 0. The van der Waals surface area contributed by atoms with E-state index >= 15 is 0 Å². The first-order valence-corrected chi connectivity index (χ1v) is 5.11. The molecule has 0 amide bonds. The largest absolute Gasteiger partial charge is 0.493 e. The van der Waals surface area contributed by atoms with Crippen LogP contribution in [0.1, 0.15) is 31.4 Å². The van der Waals surface area contributed by atoms with Crippen molar-refractivity contribution in [1.82, 2.24) is 0 Å². The van der Waals surface area contributed by atoms with E-state index in [0.717, 1.165) is 30.8 Å². The molecular weight excluding hydrogens is 172 g/mol. The molecule has 0 aliphatic rings. The summed E-state index contributed by atoms with van der Waals surface area (Å²) in [6.45, 7) is 8.68. The topological polar surface area (TPSA) is 9.23 Å². The standard InChI is InChI=1S/C13H17O/c1-4-10-14-13-9-7-8-11(5-2)12(13)6-3/h7-9H,2,4,6,10H2,1,3H3. The number of benzene rings is 1. The fourth-order valence-electron chi connectivity index (χ4n) is 1.44. The third kappa shape index (κ3) is 2.38. The monoisotopic (exact) mass is 189 g/mol. The van der Waals surface area contributed by atoms with Gasteiger partial charge in [0.25, 0.3) is 0 Å². The molecule has 0 heterocycles. The van der Waals surface area contributed by atoms with Crippen LogP contribution < -0.4 is 4.74 Å². The predicted molar refractivity (Wildman–Crippen MR) is 59.6 cm³/mol. The van der Waals surface area contributed by atoms with E-state index in [1.165, 1.54) is 5.56 Å². The third-order valence-electron chi connectivity index (χ3n) is 2.14. The molecule has 1 nitrogen and oxygen atoms in total. The van der Waals surface area contributed by atoms with Crippen LogP contribution in [-0.2, 0) is 6.42 Å². The molecule has 0 bridgehead atoms. The molecular formula is C13H17O. The van der Waals surface area contributed by atoms with Crippen LogP contribution in [0.15, 0.2) is 24.8 Å². The predicted octanol–water partition coefficient (Wildman–Crippen LogP) is 3.38. The molecule has 14 heavy (non-hydrogen) atoms. The second-order valence-electron chi connectivity index (χ2n) is 3.16. The summed E-state index contributed by atoms with van der Waals surface area (Å²) in [4.78, 5) is 0. The molecule has 0 aliphatic carbocycles. The Bertz CT molecular complexity index is 302. The van der Waals surface area contributed by atoms with E-state index in [2.05, 4.69) is 26.5 Å². The van der Waals surface area contributed by atoms with Gasteiger partial charge in [0.05, 0.1) is 6.61 Å². The molecule has 1 rings (SSSR count). The molecule has 1 aromatic carbocycles. The van der Waals surface area contributed by atoms with Gasteiger partial charge in [-0.25, -0.2) is 0 Å². The zero-order chi connectivity index (χ0) is 10.4. The molecule has 0 N–H and O–H groups in total. The average Bonchev–Trinajstić information content (AvgIpc) is 2.25. The maximum Gasteiger partial charge on any atom is 0.123 e. The Morgan fingerprint density at radius 1 is 1.36 bits per heavy atom. The number of hydrogen-bond donors (Lipinski definition) is 0. The Balaban J connectivity index is 2.96. The molecule has 0 unspecified atom stereocenters. The van der Waals surface area contributed by atoms with Gasteiger partial charge < -0.3 is 4.74 Å². The number of rotatable bonds is 5. The van der Waals surface area contributed by atoms with Crippen molar-refractivity contribution < 1.29 is 4.74 Å². The van der Waals surface area contributed by atoms with E-state index in [4.69, 9.17) is 4.74 Å². The van der Waals surface area contributed by atoms with Crippen molar-refractivity contribution in [2.24, 2.45) is 0 Å². The highest BCUT2D eigenvalue weighted by molar-refractivity contribution is 5.42. The van der Waals surface area contributed by atoms with Crippen LogP contribution in [-0.4, -0.2) is 6.61 Å². The lowest BCUT2D eigenvalue weighted by Gasteiger charge is -2.11. The van der Waals surface area contributed by atoms with E-state index in [1.54, 1.807) is 0 Å². The van der Waals surface area contributed by atoms with Crippen LogP contribution in [0.3, 0.4) is 0 Å². The summed E-state index contributed by atoms with van der Waals surface area (Å²) >= 11 is 0. The summed E-state index contributed by atoms with van der Waals surface area (Å²) in [7, 11) is 0. The first kappa shape index (κ1) is 10.8. The molecule has 1 aromatic rings. The molecule has 75 valence electrons. The SMILES string of the molecule is C=[C]c1cccc(OCCC)c1CC. The molecule has 0 atom stereocenters. The minimum Gasteiger partial charge on any atom is -0.493 e. The van der Waals surface area contributed by atoms with Crippen LogP contribution in [0, 0.1) is 6.08 Å². The Morgan fingerprint density at radius 2 is 2.14 bits per heavy atom. The highest BCUT2D eigenvalue weighted by atomic mass is 16.5. The normalized spacial score (nSPS) is 9.86. The second kappa shape index (κ2) is 5.48. The fraction of sp³-hybridized carbons (Fsp3) is 0.385. The Hall–Kier alpha value is -1.24. The molecule has 1 radical (unpaired) electrons. The molecule has 0 saturated carbocycles. The number of ether oxygens (including phenoxy) is 1. The van der Waals surface area contributed by atoms with Crippen molar-refractivity contribution >= 4 is 0 Å². The average molecular weight is 189 g/mol. The van der Waals surface area contributed by atoms with Gasteiger partial charge in [-0.3, -0.25) is 0 Å². The maximum absolute atomic E-state index is 5.65. The van der Waals surface area contributed by atoms with Gasteiger partial charge in [-0.05, 0) is 30.5 Å². The smallest absolute Gasteiger partial charge is 0.123 e. The first-order chi connectivity index (χ1) is 6.83. The third-order valence-corrected chi connectivity index (χ3v) is 2.14. The van der Waals surface area contributed by atoms with Crippen molar-refractivity contribution in [2.45, 2.75) is 26.7 Å². The van der Waals surface area contributed by atoms with E-state index < -0.39 is 0 Å². The van der Waals surface area contributed by atoms with Crippen LogP contribution in [0.2, 0.25) is 0 Å². The second-order valence-corrected chi connectivity index (χ2v) is 3.16. The molecule has 0 saturated heterocycles. The van der Waals surface area contributed by atoms with Crippen molar-refractivity contribution in [3.8, 4) is 5.75 Å². The quantitative estimate of drug-likeness (QED) is 0.690. The molecule has 0 aromatic heterocycles. The van der Waals surface area contributed by atoms with E-state index in [0.29, 0.717) is 0 Å². The molecule has 0 aliphatic heterocycles. The molecule has 1 heteroatoms. The van der Waals surface area contributed by atoms with Crippen molar-refractivity contribution in [1.29, 1.82) is 0 Å². The lowest BCUT2D eigenvalue weighted by Crippen LogP contribution is -1.99. The first-order valence-electron chi connectivity index (χ1n) is 5.11. The van der Waals surface area contributed by atoms with Crippen LogP contribution in [0.4, 0.5) is 0 Å². The Labute approximate surface area is 86.4 Å². The lowest BCUT2D eigenvalue weighted by molar-refractivity contribution is 0.314. The lowest BCUT2D eigenvalue weighted by atomic mass is 10.0. The van der Waals surface area contributed by atoms with Crippen LogP contribution >= 0.6 is 0 Å². The van der Waals surface area contributed by atoms with Gasteiger partial charge in [-0.2, -0.15) is 0 Å². The van der Waals surface area contributed by atoms with Crippen LogP contribution in [0.5, 0.6) is 5.75 Å². The maximum atomic E-state index is 5.65. The van der Waals surface area contributed by atoms with Gasteiger partial charge in [0, 0.05) is 5.56 Å². The van der Waals surface area contributed by atoms with Crippen molar-refractivity contribution in [3.63, 3.8) is 0 Å². The van der Waals surface area contributed by atoms with E-state index in [-0.39, 0.29) is 0 Å². The van der Waals surface area contributed by atoms with Gasteiger partial charge >= 0.3 is 0 Å². The molecule has 0 fully saturated rings. The van der Waals surface area contributed by atoms with E-state index in [1.807, 2.05) is 18.2 Å². The van der Waals surface area contributed by atoms with E-state index in [9.17, 15) is 0 Å². The zero-order valence-corrected chi connectivity index (χ0v) is 8.97. The van der Waals surface area contributed by atoms with Gasteiger partial charge in [0.1, 0.15) is 5.75 Å². The fourth-order valence-corrected chi connectivity index (χ4v) is 1.44. The van der Waals surface area contributed by atoms with Gasteiger partial charge in [0.2, 0.25) is 0 Å². The minimum atomic E-state index is 0.771. The van der Waals surface area contributed by atoms with Crippen LogP contribution in [0.25, 0.3) is 0 Å².